The van der Waals surface area contributed by atoms with Crippen LogP contribution in [0.15, 0.2) is 63.3 Å². The van der Waals surface area contributed by atoms with Gasteiger partial charge in [-0.2, -0.15) is 4.99 Å². The van der Waals surface area contributed by atoms with Crippen LogP contribution in [0.1, 0.15) is 25.0 Å². The van der Waals surface area contributed by atoms with Crippen molar-refractivity contribution in [3.8, 4) is 11.5 Å². The summed E-state index contributed by atoms with van der Waals surface area (Å²) in [7, 11) is 0. The number of carbonyl (C=O) groups excluding carboxylic acids is 1. The molecule has 2 aromatic rings. The molecule has 11 heteroatoms. The topological polar surface area (TPSA) is 127 Å². The van der Waals surface area contributed by atoms with Crippen molar-refractivity contribution in [2.75, 3.05) is 6.61 Å². The largest absolute Gasteiger partial charge is 0.490 e. The lowest BCUT2D eigenvalue weighted by Gasteiger charge is -2.23. The molecular weight excluding hydrogens is 508 g/mol. The number of hydroxylamine groups is 2. The Hall–Kier alpha value is -3.99. The molecule has 2 aromatic carbocycles. The summed E-state index contributed by atoms with van der Waals surface area (Å²) in [6.45, 7) is 4.07. The number of rotatable bonds is 7. The van der Waals surface area contributed by atoms with Crippen molar-refractivity contribution in [2.24, 2.45) is 4.99 Å². The molecule has 0 unspecified atom stereocenters. The van der Waals surface area contributed by atoms with Crippen molar-refractivity contribution in [2.45, 2.75) is 20.5 Å². The van der Waals surface area contributed by atoms with Gasteiger partial charge in [0.2, 0.25) is 0 Å². The number of nitrogens with zero attached hydrogens (tertiary/aromatic N) is 3. The number of ether oxygens (including phenoxy) is 2. The molecule has 2 aliphatic heterocycles. The number of benzene rings is 2. The van der Waals surface area contributed by atoms with Crippen LogP contribution in [-0.2, 0) is 16.2 Å². The first kappa shape index (κ1) is 23.2. The summed E-state index contributed by atoms with van der Waals surface area (Å²) in [6.07, 6.45) is 3.12. The second kappa shape index (κ2) is 9.48. The number of nitrogens with one attached hydrogen (secondary N) is 1. The molecule has 0 saturated heterocycles. The van der Waals surface area contributed by atoms with Crippen LogP contribution in [0, 0.1) is 15.5 Å². The summed E-state index contributed by atoms with van der Waals surface area (Å²) in [5.74, 6) is 1.02. The van der Waals surface area contributed by atoms with Crippen LogP contribution in [0.4, 0.5) is 5.69 Å². The van der Waals surface area contributed by atoms with Crippen molar-refractivity contribution in [3.63, 3.8) is 0 Å². The third kappa shape index (κ3) is 4.69. The Morgan fingerprint density at radius 2 is 2.00 bits per heavy atom. The first-order valence-corrected chi connectivity index (χ1v) is 11.0. The van der Waals surface area contributed by atoms with Crippen LogP contribution >= 0.6 is 15.9 Å². The number of carbonyl (C=O) groups is 1. The molecule has 0 saturated carbocycles. The molecule has 1 amide bonds. The summed E-state index contributed by atoms with van der Waals surface area (Å²) in [5, 5.41) is 20.4. The van der Waals surface area contributed by atoms with Gasteiger partial charge in [-0.1, -0.05) is 0 Å². The molecule has 0 radical (unpaired) electrons. The number of amides is 1. The van der Waals surface area contributed by atoms with E-state index < -0.39 is 10.8 Å². The number of amidine groups is 2. The Bertz CT molecular complexity index is 1280. The Labute approximate surface area is 202 Å². The monoisotopic (exact) mass is 526 g/mol. The summed E-state index contributed by atoms with van der Waals surface area (Å²) in [4.78, 5) is 32.3. The van der Waals surface area contributed by atoms with Crippen LogP contribution in [0.2, 0.25) is 0 Å². The van der Waals surface area contributed by atoms with Gasteiger partial charge in [0.25, 0.3) is 11.6 Å². The minimum atomic E-state index is -0.543. The molecule has 2 heterocycles. The van der Waals surface area contributed by atoms with Gasteiger partial charge in [0.05, 0.1) is 21.6 Å². The maximum atomic E-state index is 12.5. The predicted molar refractivity (Wildman–Crippen MR) is 128 cm³/mol. The van der Waals surface area contributed by atoms with Gasteiger partial charge in [-0.05, 0) is 71.2 Å². The minimum Gasteiger partial charge on any atom is -0.490 e. The van der Waals surface area contributed by atoms with E-state index in [1.165, 1.54) is 23.3 Å². The van der Waals surface area contributed by atoms with Crippen molar-refractivity contribution in [3.05, 3.63) is 79.5 Å². The van der Waals surface area contributed by atoms with Gasteiger partial charge in [0.1, 0.15) is 12.4 Å². The number of aliphatic imine (C=N–C) groups is 1. The van der Waals surface area contributed by atoms with E-state index >= 15 is 0 Å². The quantitative estimate of drug-likeness (QED) is 0.312. The lowest BCUT2D eigenvalue weighted by Crippen LogP contribution is -2.38. The van der Waals surface area contributed by atoms with Crippen LogP contribution in [-0.4, -0.2) is 34.2 Å². The molecule has 1 N–H and O–H groups in total. The third-order valence-electron chi connectivity index (χ3n) is 4.85. The molecule has 174 valence electrons. The van der Waals surface area contributed by atoms with Gasteiger partial charge in [0.15, 0.2) is 23.2 Å². The Balaban J connectivity index is 1.59. The number of hydrogen-bond donors (Lipinski definition) is 1. The zero-order valence-electron chi connectivity index (χ0n) is 18.2. The van der Waals surface area contributed by atoms with Crippen LogP contribution < -0.4 is 9.47 Å². The molecule has 0 bridgehead atoms. The number of nitro benzene ring substituents is 1. The maximum absolute atomic E-state index is 12.5. The zero-order valence-corrected chi connectivity index (χ0v) is 19.8. The van der Waals surface area contributed by atoms with Gasteiger partial charge in [0, 0.05) is 18.2 Å². The van der Waals surface area contributed by atoms with Crippen LogP contribution in [0.5, 0.6) is 11.5 Å². The fourth-order valence-corrected chi connectivity index (χ4v) is 3.88. The fourth-order valence-electron chi connectivity index (χ4n) is 3.31. The smallest absolute Gasteiger partial charge is 0.282 e. The molecule has 0 spiro atoms. The predicted octanol–water partition coefficient (Wildman–Crippen LogP) is 4.79. The van der Waals surface area contributed by atoms with E-state index in [0.717, 1.165) is 5.56 Å². The van der Waals surface area contributed by atoms with Crippen LogP contribution in [0.3, 0.4) is 0 Å². The number of halogens is 1. The highest BCUT2D eigenvalue weighted by atomic mass is 79.9. The van der Waals surface area contributed by atoms with Gasteiger partial charge < -0.3 is 14.3 Å². The molecule has 4 rings (SSSR count). The molecule has 0 aromatic heterocycles. The minimum absolute atomic E-state index is 0.00174. The van der Waals surface area contributed by atoms with E-state index in [1.807, 2.05) is 6.92 Å². The third-order valence-corrected chi connectivity index (χ3v) is 5.44. The Morgan fingerprint density at radius 1 is 1.26 bits per heavy atom. The second-order valence-electron chi connectivity index (χ2n) is 7.30. The number of non-ortho nitro benzene ring substituents is 1. The van der Waals surface area contributed by atoms with Crippen molar-refractivity contribution in [1.82, 2.24) is 5.06 Å². The molecule has 0 fully saturated rings. The van der Waals surface area contributed by atoms with E-state index in [2.05, 4.69) is 20.9 Å². The van der Waals surface area contributed by atoms with Gasteiger partial charge >= 0.3 is 0 Å². The van der Waals surface area contributed by atoms with Gasteiger partial charge in [-0.25, -0.2) is 0 Å². The first-order valence-electron chi connectivity index (χ1n) is 10.2. The van der Waals surface area contributed by atoms with Gasteiger partial charge in [-0.3, -0.25) is 20.3 Å². The SMILES string of the molecule is CCOc1cc(/C=C2/C(=N)N3OC(C)=CC3=NC2=O)cc(Br)c1OCc1ccc([N+](=O)[O-])cc1. The summed E-state index contributed by atoms with van der Waals surface area (Å²) in [5.41, 5.74) is 1.41. The van der Waals surface area contributed by atoms with Crippen molar-refractivity contribution in [1.29, 1.82) is 5.41 Å². The van der Waals surface area contributed by atoms with E-state index in [4.69, 9.17) is 19.7 Å². The highest BCUT2D eigenvalue weighted by Crippen LogP contribution is 2.38. The fraction of sp³-hybridized carbons (Fsp3) is 0.174. The molecule has 34 heavy (non-hydrogen) atoms. The summed E-state index contributed by atoms with van der Waals surface area (Å²) < 4.78 is 12.2. The second-order valence-corrected chi connectivity index (χ2v) is 8.15. The lowest BCUT2D eigenvalue weighted by molar-refractivity contribution is -0.384. The van der Waals surface area contributed by atoms with E-state index in [-0.39, 0.29) is 29.5 Å². The highest BCUT2D eigenvalue weighted by molar-refractivity contribution is 9.10. The zero-order chi connectivity index (χ0) is 24.4. The van der Waals surface area contributed by atoms with Gasteiger partial charge in [-0.15, -0.1) is 5.06 Å². The molecule has 0 aliphatic carbocycles. The first-order chi connectivity index (χ1) is 16.3. The number of fused-ring (bicyclic) bond motifs is 1. The normalized spacial score (nSPS) is 16.1. The van der Waals surface area contributed by atoms with Crippen molar-refractivity contribution >= 4 is 45.3 Å². The number of hydrogen-bond acceptors (Lipinski definition) is 7. The van der Waals surface area contributed by atoms with Crippen molar-refractivity contribution < 1.29 is 24.0 Å². The molecule has 10 nitrogen and oxygen atoms in total. The molecular formula is C23H19BrN4O6. The number of nitro groups is 1. The average molecular weight is 527 g/mol. The average Bonchev–Trinajstić information content (AvgIpc) is 3.16. The highest BCUT2D eigenvalue weighted by Gasteiger charge is 2.34. The molecule has 0 atom stereocenters. The standard InChI is InChI=1S/C23H19BrN4O6/c1-3-32-19-11-15(9-17-22(25)27-20(26-23(17)29)8-13(2)34-27)10-18(24)21(19)33-12-14-4-6-16(7-5-14)28(30)31/h4-11,25H,3,12H2,1-2H3/b17-9-,25-22?. The maximum Gasteiger partial charge on any atom is 0.282 e. The Morgan fingerprint density at radius 3 is 2.68 bits per heavy atom. The summed E-state index contributed by atoms with van der Waals surface area (Å²) in [6, 6.07) is 9.50. The summed E-state index contributed by atoms with van der Waals surface area (Å²) >= 11 is 3.49. The van der Waals surface area contributed by atoms with Crippen LogP contribution in [0.25, 0.3) is 6.08 Å². The molecule has 2 aliphatic rings. The number of allylic oxidation sites excluding steroid dienone is 1. The van der Waals surface area contributed by atoms with E-state index in [1.54, 1.807) is 37.3 Å². The Kier molecular flexibility index (Phi) is 6.46. The van der Waals surface area contributed by atoms with E-state index in [0.29, 0.717) is 33.9 Å². The van der Waals surface area contributed by atoms with E-state index in [9.17, 15) is 14.9 Å². The lowest BCUT2D eigenvalue weighted by atomic mass is 10.1.